The molecule has 0 aliphatic heterocycles. The molecule has 0 aliphatic carbocycles. The Hall–Kier alpha value is -1.20. The molecular weight excluding hydrogens is 261 g/mol. The summed E-state index contributed by atoms with van der Waals surface area (Å²) in [6.45, 7) is 0.307. The number of halogens is 2. The van der Waals surface area contributed by atoms with Crippen molar-refractivity contribution in [3.05, 3.63) is 46.7 Å². The van der Waals surface area contributed by atoms with Gasteiger partial charge in [-0.05, 0) is 27.6 Å². The van der Waals surface area contributed by atoms with Crippen LogP contribution in [-0.4, -0.2) is 9.55 Å². The van der Waals surface area contributed by atoms with Crippen LogP contribution in [0.15, 0.2) is 35.3 Å². The molecular formula is C10H9BrFN3. The molecule has 1 heterocycles. The summed E-state index contributed by atoms with van der Waals surface area (Å²) in [5.74, 6) is -0.323. The molecule has 0 unspecified atom stereocenters. The predicted molar refractivity (Wildman–Crippen MR) is 59.1 cm³/mol. The number of rotatable bonds is 2. The Labute approximate surface area is 94.9 Å². The van der Waals surface area contributed by atoms with E-state index in [-0.39, 0.29) is 5.82 Å². The van der Waals surface area contributed by atoms with E-state index in [1.807, 2.05) is 0 Å². The Morgan fingerprint density at radius 3 is 2.87 bits per heavy atom. The molecule has 2 N–H and O–H groups in total. The molecule has 78 valence electrons. The number of benzene rings is 1. The zero-order chi connectivity index (χ0) is 10.8. The van der Waals surface area contributed by atoms with E-state index < -0.39 is 0 Å². The van der Waals surface area contributed by atoms with Gasteiger partial charge in [0.05, 0.1) is 16.5 Å². The van der Waals surface area contributed by atoms with Gasteiger partial charge in [0.15, 0.2) is 5.82 Å². The van der Waals surface area contributed by atoms with Crippen LogP contribution < -0.4 is 5.73 Å². The van der Waals surface area contributed by atoms with Crippen LogP contribution in [0.25, 0.3) is 5.69 Å². The second kappa shape index (κ2) is 4.12. The van der Waals surface area contributed by atoms with E-state index in [1.165, 1.54) is 0 Å². The van der Waals surface area contributed by atoms with Gasteiger partial charge in [0.2, 0.25) is 0 Å². The number of nitrogens with zero attached hydrogens (tertiary/aromatic N) is 2. The third kappa shape index (κ3) is 1.80. The zero-order valence-corrected chi connectivity index (χ0v) is 9.41. The lowest BCUT2D eigenvalue weighted by molar-refractivity contribution is 0.608. The molecule has 0 fully saturated rings. The number of aromatic nitrogens is 2. The Morgan fingerprint density at radius 1 is 1.47 bits per heavy atom. The maximum absolute atomic E-state index is 13.9. The van der Waals surface area contributed by atoms with Gasteiger partial charge in [-0.15, -0.1) is 0 Å². The van der Waals surface area contributed by atoms with Crippen molar-refractivity contribution in [3.63, 3.8) is 0 Å². The van der Waals surface area contributed by atoms with Gasteiger partial charge in [-0.1, -0.05) is 6.07 Å². The van der Waals surface area contributed by atoms with Crippen LogP contribution in [-0.2, 0) is 6.54 Å². The average Bonchev–Trinajstić information content (AvgIpc) is 2.75. The standard InChI is InChI=1S/C10H9BrFN3/c11-9-7(5-13)1-2-8(10(9)12)15-4-3-14-6-15/h1-4,6H,5,13H2. The Morgan fingerprint density at radius 2 is 2.27 bits per heavy atom. The highest BCUT2D eigenvalue weighted by Gasteiger charge is 2.11. The minimum absolute atomic E-state index is 0.307. The second-order valence-corrected chi connectivity index (χ2v) is 3.84. The summed E-state index contributed by atoms with van der Waals surface area (Å²) in [5, 5.41) is 0. The van der Waals surface area contributed by atoms with Gasteiger partial charge in [0, 0.05) is 18.9 Å². The highest BCUT2D eigenvalue weighted by molar-refractivity contribution is 9.10. The molecule has 0 atom stereocenters. The lowest BCUT2D eigenvalue weighted by atomic mass is 10.2. The maximum atomic E-state index is 13.9. The summed E-state index contributed by atoms with van der Waals surface area (Å²) < 4.78 is 15.9. The van der Waals surface area contributed by atoms with E-state index in [4.69, 9.17) is 5.73 Å². The molecule has 0 spiro atoms. The molecule has 0 radical (unpaired) electrons. The van der Waals surface area contributed by atoms with Crippen molar-refractivity contribution >= 4 is 15.9 Å². The van der Waals surface area contributed by atoms with E-state index in [0.717, 1.165) is 5.56 Å². The van der Waals surface area contributed by atoms with Crippen molar-refractivity contribution < 1.29 is 4.39 Å². The highest BCUT2D eigenvalue weighted by Crippen LogP contribution is 2.25. The normalized spacial score (nSPS) is 10.6. The second-order valence-electron chi connectivity index (χ2n) is 3.05. The minimum atomic E-state index is -0.323. The highest BCUT2D eigenvalue weighted by atomic mass is 79.9. The Balaban J connectivity index is 2.56. The average molecular weight is 270 g/mol. The first kappa shape index (κ1) is 10.3. The van der Waals surface area contributed by atoms with Crippen molar-refractivity contribution in [1.29, 1.82) is 0 Å². The summed E-state index contributed by atoms with van der Waals surface area (Å²) in [6, 6.07) is 3.48. The molecule has 2 rings (SSSR count). The molecule has 0 aliphatic rings. The van der Waals surface area contributed by atoms with Crippen molar-refractivity contribution in [3.8, 4) is 5.69 Å². The molecule has 0 saturated carbocycles. The lowest BCUT2D eigenvalue weighted by Crippen LogP contribution is -2.02. The molecule has 5 heteroatoms. The van der Waals surface area contributed by atoms with Crippen LogP contribution >= 0.6 is 15.9 Å². The number of imidazole rings is 1. The maximum Gasteiger partial charge on any atom is 0.161 e. The summed E-state index contributed by atoms with van der Waals surface area (Å²) in [6.07, 6.45) is 4.84. The van der Waals surface area contributed by atoms with Crippen LogP contribution in [0.1, 0.15) is 5.56 Å². The van der Waals surface area contributed by atoms with Crippen LogP contribution in [0.4, 0.5) is 4.39 Å². The fourth-order valence-electron chi connectivity index (χ4n) is 1.34. The summed E-state index contributed by atoms with van der Waals surface area (Å²) >= 11 is 3.19. The van der Waals surface area contributed by atoms with E-state index in [2.05, 4.69) is 20.9 Å². The van der Waals surface area contributed by atoms with Crippen molar-refractivity contribution in [2.45, 2.75) is 6.54 Å². The van der Waals surface area contributed by atoms with Crippen molar-refractivity contribution in [2.24, 2.45) is 5.73 Å². The lowest BCUT2D eigenvalue weighted by Gasteiger charge is -2.08. The van der Waals surface area contributed by atoms with E-state index in [1.54, 1.807) is 35.4 Å². The van der Waals surface area contributed by atoms with Gasteiger partial charge >= 0.3 is 0 Å². The first-order valence-electron chi connectivity index (χ1n) is 4.39. The van der Waals surface area contributed by atoms with Gasteiger partial charge < -0.3 is 10.3 Å². The van der Waals surface area contributed by atoms with Crippen LogP contribution in [0, 0.1) is 5.82 Å². The first-order chi connectivity index (χ1) is 7.24. The minimum Gasteiger partial charge on any atom is -0.326 e. The van der Waals surface area contributed by atoms with Crippen molar-refractivity contribution in [1.82, 2.24) is 9.55 Å². The Bertz CT molecular complexity index is 468. The molecule has 1 aromatic carbocycles. The third-order valence-electron chi connectivity index (χ3n) is 2.14. The quantitative estimate of drug-likeness (QED) is 0.909. The summed E-state index contributed by atoms with van der Waals surface area (Å²) in [5.41, 5.74) is 6.67. The van der Waals surface area contributed by atoms with E-state index in [0.29, 0.717) is 16.7 Å². The molecule has 3 nitrogen and oxygen atoms in total. The molecule has 0 bridgehead atoms. The molecule has 0 amide bonds. The first-order valence-corrected chi connectivity index (χ1v) is 5.18. The summed E-state index contributed by atoms with van der Waals surface area (Å²) in [7, 11) is 0. The number of hydrogen-bond donors (Lipinski definition) is 1. The van der Waals surface area contributed by atoms with E-state index >= 15 is 0 Å². The number of hydrogen-bond acceptors (Lipinski definition) is 2. The molecule has 0 saturated heterocycles. The monoisotopic (exact) mass is 269 g/mol. The van der Waals surface area contributed by atoms with Gasteiger partial charge in [0.25, 0.3) is 0 Å². The van der Waals surface area contributed by atoms with E-state index in [9.17, 15) is 4.39 Å². The largest absolute Gasteiger partial charge is 0.326 e. The van der Waals surface area contributed by atoms with Gasteiger partial charge in [-0.25, -0.2) is 9.37 Å². The van der Waals surface area contributed by atoms with Gasteiger partial charge in [-0.3, -0.25) is 0 Å². The topological polar surface area (TPSA) is 43.8 Å². The van der Waals surface area contributed by atoms with Gasteiger partial charge in [-0.2, -0.15) is 0 Å². The zero-order valence-electron chi connectivity index (χ0n) is 7.82. The fraction of sp³-hybridized carbons (Fsp3) is 0.100. The fourth-order valence-corrected chi connectivity index (χ4v) is 1.84. The SMILES string of the molecule is NCc1ccc(-n2ccnc2)c(F)c1Br. The van der Waals surface area contributed by atoms with Crippen LogP contribution in [0.2, 0.25) is 0 Å². The molecule has 15 heavy (non-hydrogen) atoms. The summed E-state index contributed by atoms with van der Waals surface area (Å²) in [4.78, 5) is 3.87. The van der Waals surface area contributed by atoms with Crippen LogP contribution in [0.3, 0.4) is 0 Å². The van der Waals surface area contributed by atoms with Gasteiger partial charge in [0.1, 0.15) is 0 Å². The smallest absolute Gasteiger partial charge is 0.161 e. The van der Waals surface area contributed by atoms with Crippen LogP contribution in [0.5, 0.6) is 0 Å². The van der Waals surface area contributed by atoms with Crippen molar-refractivity contribution in [2.75, 3.05) is 0 Å². The molecule has 1 aromatic heterocycles. The molecule has 2 aromatic rings. The Kier molecular flexibility index (Phi) is 2.83. The number of nitrogens with two attached hydrogens (primary N) is 1. The third-order valence-corrected chi connectivity index (χ3v) is 3.00. The predicted octanol–water partition coefficient (Wildman–Crippen LogP) is 2.23.